The molecule has 1 unspecified atom stereocenters. The molecule has 2 saturated heterocycles. The third-order valence-electron chi connectivity index (χ3n) is 8.19. The fraction of sp³-hybridized carbons (Fsp3) is 0.533. The van der Waals surface area contributed by atoms with E-state index in [1.165, 1.54) is 0 Å². The highest BCUT2D eigenvalue weighted by atomic mass is 16.7. The van der Waals surface area contributed by atoms with Gasteiger partial charge in [-0.25, -0.2) is 4.79 Å². The summed E-state index contributed by atoms with van der Waals surface area (Å²) < 4.78 is 16.9. The summed E-state index contributed by atoms with van der Waals surface area (Å²) in [5.74, 6) is 1.45. The highest BCUT2D eigenvalue weighted by molar-refractivity contribution is 5.74. The number of anilines is 1. The maximum absolute atomic E-state index is 13.2. The first kappa shape index (κ1) is 27.9. The molecule has 2 fully saturated rings. The van der Waals surface area contributed by atoms with E-state index in [2.05, 4.69) is 46.2 Å². The van der Waals surface area contributed by atoms with Gasteiger partial charge >= 0.3 is 6.09 Å². The zero-order valence-corrected chi connectivity index (χ0v) is 24.5. The molecule has 40 heavy (non-hydrogen) atoms. The van der Waals surface area contributed by atoms with Crippen LogP contribution in [-0.2, 0) is 9.47 Å². The van der Waals surface area contributed by atoms with Gasteiger partial charge in [0.05, 0.1) is 11.9 Å². The average molecular weight is 549 g/mol. The van der Waals surface area contributed by atoms with Gasteiger partial charge in [0, 0.05) is 48.6 Å². The van der Waals surface area contributed by atoms with Gasteiger partial charge in [-0.15, -0.1) is 10.2 Å². The van der Waals surface area contributed by atoms with Crippen molar-refractivity contribution in [3.8, 4) is 28.1 Å². The van der Waals surface area contributed by atoms with Crippen molar-refractivity contribution < 1.29 is 19.0 Å². The summed E-state index contributed by atoms with van der Waals surface area (Å²) in [5, 5.41) is 16.1. The molecule has 2 aromatic heterocycles. The largest absolute Gasteiger partial charge is 0.467 e. The summed E-state index contributed by atoms with van der Waals surface area (Å²) in [6.07, 6.45) is 6.98. The molecular weight excluding hydrogens is 508 g/mol. The molecule has 0 spiro atoms. The van der Waals surface area contributed by atoms with Crippen molar-refractivity contribution in [3.05, 3.63) is 42.7 Å². The molecule has 1 aromatic carbocycles. The van der Waals surface area contributed by atoms with E-state index in [1.54, 1.807) is 13.3 Å². The van der Waals surface area contributed by atoms with Gasteiger partial charge in [0.15, 0.2) is 12.6 Å². The number of piperidine rings is 1. The first-order valence-corrected chi connectivity index (χ1v) is 13.8. The van der Waals surface area contributed by atoms with Crippen molar-refractivity contribution in [2.45, 2.75) is 83.0 Å². The minimum atomic E-state index is -0.526. The Morgan fingerprint density at radius 1 is 1.10 bits per heavy atom. The van der Waals surface area contributed by atoms with Crippen molar-refractivity contribution in [1.82, 2.24) is 25.3 Å². The summed E-state index contributed by atoms with van der Waals surface area (Å²) in [6, 6.07) is 10.1. The van der Waals surface area contributed by atoms with Crippen molar-refractivity contribution in [3.63, 3.8) is 0 Å². The van der Waals surface area contributed by atoms with E-state index >= 15 is 0 Å². The summed E-state index contributed by atoms with van der Waals surface area (Å²) in [7, 11) is 3.66. The van der Waals surface area contributed by atoms with E-state index in [0.717, 1.165) is 48.2 Å². The molecule has 2 bridgehead atoms. The van der Waals surface area contributed by atoms with E-state index in [4.69, 9.17) is 14.2 Å². The van der Waals surface area contributed by atoms with Gasteiger partial charge in [0.2, 0.25) is 0 Å². The van der Waals surface area contributed by atoms with Crippen LogP contribution in [-0.4, -0.2) is 75.1 Å². The number of nitrogens with one attached hydrogen (secondary N) is 1. The van der Waals surface area contributed by atoms with E-state index in [1.807, 2.05) is 62.2 Å². The van der Waals surface area contributed by atoms with Crippen LogP contribution in [0.3, 0.4) is 0 Å². The minimum Gasteiger partial charge on any atom is -0.467 e. The lowest BCUT2D eigenvalue weighted by Gasteiger charge is -2.52. The number of methoxy groups -OCH3 is 1. The molecular formula is C30H40N6O4. The van der Waals surface area contributed by atoms with Gasteiger partial charge in [-0.2, -0.15) is 5.10 Å². The van der Waals surface area contributed by atoms with E-state index < -0.39 is 5.60 Å². The van der Waals surface area contributed by atoms with Crippen LogP contribution in [0, 0.1) is 0 Å². The van der Waals surface area contributed by atoms with Crippen LogP contribution in [0.15, 0.2) is 42.7 Å². The maximum atomic E-state index is 13.2. The third kappa shape index (κ3) is 5.37. The molecule has 10 heteroatoms. The van der Waals surface area contributed by atoms with Gasteiger partial charge in [-0.05, 0) is 90.1 Å². The normalized spacial score (nSPS) is 24.2. The topological polar surface area (TPSA) is 106 Å². The van der Waals surface area contributed by atoms with Crippen LogP contribution >= 0.6 is 0 Å². The van der Waals surface area contributed by atoms with Gasteiger partial charge in [0.1, 0.15) is 11.4 Å². The van der Waals surface area contributed by atoms with Crippen LogP contribution in [0.4, 0.5) is 10.6 Å². The Morgan fingerprint density at radius 3 is 2.40 bits per heavy atom. The highest BCUT2D eigenvalue weighted by Crippen LogP contribution is 2.52. The van der Waals surface area contributed by atoms with Crippen LogP contribution in [0.2, 0.25) is 0 Å². The Balaban J connectivity index is 1.35. The Morgan fingerprint density at radius 2 is 1.82 bits per heavy atom. The smallest absolute Gasteiger partial charge is 0.411 e. The van der Waals surface area contributed by atoms with Gasteiger partial charge < -0.3 is 19.1 Å². The molecule has 0 aliphatic carbocycles. The molecule has 2 aliphatic heterocycles. The zero-order valence-electron chi connectivity index (χ0n) is 24.5. The number of hydrogen-bond acceptors (Lipinski definition) is 8. The van der Waals surface area contributed by atoms with Gasteiger partial charge in [-0.3, -0.25) is 10.00 Å². The fourth-order valence-electron chi connectivity index (χ4n) is 6.32. The highest BCUT2D eigenvalue weighted by Gasteiger charge is 2.59. The molecule has 3 atom stereocenters. The number of H-pyrrole nitrogens is 1. The molecule has 1 amide bonds. The standard InChI is InChI=1S/C30H40N6O4/c1-28(2,3)40-27(37)36-29(4)12-13-30(36,5)16-22(15-29)35(6)26-11-10-24(33-34-26)23-9-8-20(21-17-31-32-18-21)14-25(23)39-19-38-7/h8-11,14,17-18,22H,12-13,15-16,19H2,1-7H3,(H,31,32)/t22?,29-,30+. The van der Waals surface area contributed by atoms with E-state index in [9.17, 15) is 4.79 Å². The number of carbonyl (C=O) groups excluding carboxylic acids is 1. The number of fused-ring (bicyclic) bond motifs is 2. The number of carbonyl (C=O) groups is 1. The van der Waals surface area contributed by atoms with Gasteiger partial charge in [0.25, 0.3) is 0 Å². The first-order chi connectivity index (χ1) is 18.9. The Hall–Kier alpha value is -3.66. The second kappa shape index (κ2) is 10.4. The minimum absolute atomic E-state index is 0.121. The molecule has 214 valence electrons. The summed E-state index contributed by atoms with van der Waals surface area (Å²) in [6.45, 7) is 10.2. The average Bonchev–Trinajstić information content (AvgIpc) is 3.49. The number of nitrogens with zero attached hydrogens (tertiary/aromatic N) is 5. The Bertz CT molecular complexity index is 1320. The lowest BCUT2D eigenvalue weighted by Crippen LogP contribution is -2.63. The molecule has 0 radical (unpaired) electrons. The molecule has 4 heterocycles. The summed E-state index contributed by atoms with van der Waals surface area (Å²) in [4.78, 5) is 17.4. The molecule has 5 rings (SSSR count). The Kier molecular flexibility index (Phi) is 7.24. The lowest BCUT2D eigenvalue weighted by molar-refractivity contribution is -0.0357. The number of benzene rings is 1. The lowest BCUT2D eigenvalue weighted by atomic mass is 9.82. The van der Waals surface area contributed by atoms with Crippen molar-refractivity contribution in [1.29, 1.82) is 0 Å². The Labute approximate surface area is 236 Å². The zero-order chi connectivity index (χ0) is 28.7. The first-order valence-electron chi connectivity index (χ1n) is 13.8. The number of amides is 1. The number of rotatable bonds is 7. The molecule has 3 aromatic rings. The third-order valence-corrected chi connectivity index (χ3v) is 8.19. The summed E-state index contributed by atoms with van der Waals surface area (Å²) in [5.41, 5.74) is 2.41. The van der Waals surface area contributed by atoms with Crippen molar-refractivity contribution >= 4 is 11.9 Å². The van der Waals surface area contributed by atoms with E-state index in [-0.39, 0.29) is 30.0 Å². The summed E-state index contributed by atoms with van der Waals surface area (Å²) >= 11 is 0. The molecule has 0 saturated carbocycles. The van der Waals surface area contributed by atoms with Crippen LogP contribution < -0.4 is 9.64 Å². The quantitative estimate of drug-likeness (QED) is 0.377. The van der Waals surface area contributed by atoms with Crippen LogP contribution in [0.25, 0.3) is 22.4 Å². The number of ether oxygens (including phenoxy) is 3. The van der Waals surface area contributed by atoms with E-state index in [0.29, 0.717) is 11.4 Å². The number of hydrogen-bond donors (Lipinski definition) is 1. The predicted octanol–water partition coefficient (Wildman–Crippen LogP) is 5.66. The molecule has 10 nitrogen and oxygen atoms in total. The van der Waals surface area contributed by atoms with Crippen LogP contribution in [0.1, 0.15) is 60.3 Å². The second-order valence-corrected chi connectivity index (χ2v) is 12.5. The van der Waals surface area contributed by atoms with Crippen molar-refractivity contribution in [2.24, 2.45) is 0 Å². The molecule has 1 N–H and O–H groups in total. The fourth-order valence-corrected chi connectivity index (χ4v) is 6.32. The van der Waals surface area contributed by atoms with Crippen molar-refractivity contribution in [2.75, 3.05) is 25.9 Å². The predicted molar refractivity (Wildman–Crippen MR) is 153 cm³/mol. The van der Waals surface area contributed by atoms with Gasteiger partial charge in [-0.1, -0.05) is 6.07 Å². The van der Waals surface area contributed by atoms with Crippen LogP contribution in [0.5, 0.6) is 5.75 Å². The second-order valence-electron chi connectivity index (χ2n) is 12.5. The number of aromatic amines is 1. The monoisotopic (exact) mass is 548 g/mol. The SMILES string of the molecule is COCOc1cc(-c2cn[nH]c2)ccc1-c1ccc(N(C)C2C[C@]3(C)CC[C@](C)(C2)N3C(=O)OC(C)(C)C)nn1. The number of aromatic nitrogens is 4. The molecule has 2 aliphatic rings. The maximum Gasteiger partial charge on any atom is 0.411 e.